The van der Waals surface area contributed by atoms with E-state index < -0.39 is 5.82 Å². The number of carbonyl (C=O) groups excluding carboxylic acids is 1. The van der Waals surface area contributed by atoms with Crippen LogP contribution in [0.15, 0.2) is 91.4 Å². The molecule has 0 bridgehead atoms. The van der Waals surface area contributed by atoms with Crippen molar-refractivity contribution in [3.63, 3.8) is 0 Å². The fourth-order valence-corrected chi connectivity index (χ4v) is 3.81. The van der Waals surface area contributed by atoms with Crippen molar-refractivity contribution in [2.24, 2.45) is 0 Å². The summed E-state index contributed by atoms with van der Waals surface area (Å²) in [6.45, 7) is 0.286. The van der Waals surface area contributed by atoms with E-state index in [9.17, 15) is 9.18 Å². The van der Waals surface area contributed by atoms with Crippen LogP contribution in [-0.2, 0) is 6.54 Å². The maximum atomic E-state index is 14.2. The van der Waals surface area contributed by atoms with Crippen LogP contribution in [0.3, 0.4) is 0 Å². The Bertz CT molecular complexity index is 1430. The van der Waals surface area contributed by atoms with Crippen LogP contribution < -0.4 is 0 Å². The number of rotatable bonds is 5. The molecule has 6 nitrogen and oxygen atoms in total. The third-order valence-corrected chi connectivity index (χ3v) is 5.38. The normalized spacial score (nSPS) is 11.0. The molecule has 0 aliphatic carbocycles. The van der Waals surface area contributed by atoms with Gasteiger partial charge in [-0.3, -0.25) is 14.8 Å². The van der Waals surface area contributed by atoms with Crippen molar-refractivity contribution in [1.29, 1.82) is 0 Å². The molecule has 2 aromatic heterocycles. The van der Waals surface area contributed by atoms with Crippen LogP contribution in [0.4, 0.5) is 4.39 Å². The number of nitrogens with zero attached hydrogens (tertiary/aromatic N) is 5. The number of para-hydroxylation sites is 1. The zero-order valence-electron chi connectivity index (χ0n) is 17.9. The fourth-order valence-electron chi connectivity index (χ4n) is 3.81. The molecule has 0 aliphatic heterocycles. The summed E-state index contributed by atoms with van der Waals surface area (Å²) in [5.41, 5.74) is 4.41. The molecule has 33 heavy (non-hydrogen) atoms. The van der Waals surface area contributed by atoms with Crippen LogP contribution in [0.5, 0.6) is 0 Å². The Balaban J connectivity index is 1.52. The highest BCUT2D eigenvalue weighted by molar-refractivity contribution is 6.04. The van der Waals surface area contributed by atoms with Crippen molar-refractivity contribution in [3.8, 4) is 16.9 Å². The Labute approximate surface area is 190 Å². The molecule has 1 amide bonds. The molecule has 0 spiro atoms. The molecule has 0 aliphatic rings. The Morgan fingerprint density at radius 2 is 1.67 bits per heavy atom. The highest BCUT2D eigenvalue weighted by Gasteiger charge is 2.21. The van der Waals surface area contributed by atoms with Crippen LogP contribution in [-0.4, -0.2) is 37.6 Å². The predicted molar refractivity (Wildman–Crippen MR) is 124 cm³/mol. The zero-order valence-corrected chi connectivity index (χ0v) is 17.9. The summed E-state index contributed by atoms with van der Waals surface area (Å²) >= 11 is 0. The second kappa shape index (κ2) is 8.63. The first-order valence-electron chi connectivity index (χ1n) is 10.5. The fraction of sp³-hybridized carbons (Fsp3) is 0.0769. The molecule has 2 heterocycles. The van der Waals surface area contributed by atoms with Gasteiger partial charge >= 0.3 is 0 Å². The molecule has 162 valence electrons. The average molecular weight is 437 g/mol. The molecule has 0 saturated carbocycles. The maximum absolute atomic E-state index is 14.2. The molecule has 3 aromatic carbocycles. The first-order chi connectivity index (χ1) is 16.1. The largest absolute Gasteiger partial charge is 0.337 e. The van der Waals surface area contributed by atoms with E-state index in [2.05, 4.69) is 9.97 Å². The van der Waals surface area contributed by atoms with Crippen molar-refractivity contribution in [2.45, 2.75) is 6.54 Å². The van der Waals surface area contributed by atoms with Gasteiger partial charge in [0.2, 0.25) is 0 Å². The zero-order chi connectivity index (χ0) is 22.8. The second-order valence-electron chi connectivity index (χ2n) is 7.69. The Kier molecular flexibility index (Phi) is 5.36. The van der Waals surface area contributed by atoms with Gasteiger partial charge in [0.25, 0.3) is 5.91 Å². The number of aromatic nitrogens is 4. The monoisotopic (exact) mass is 437 g/mol. The minimum absolute atomic E-state index is 0.178. The van der Waals surface area contributed by atoms with E-state index in [4.69, 9.17) is 5.10 Å². The summed E-state index contributed by atoms with van der Waals surface area (Å²) in [6, 6.07) is 22.1. The molecule has 0 fully saturated rings. The molecule has 0 unspecified atom stereocenters. The van der Waals surface area contributed by atoms with E-state index in [1.54, 1.807) is 16.6 Å². The number of hydrogen-bond donors (Lipinski definition) is 0. The van der Waals surface area contributed by atoms with Crippen molar-refractivity contribution in [2.75, 3.05) is 7.05 Å². The van der Waals surface area contributed by atoms with Gasteiger partial charge in [0.05, 0.1) is 22.5 Å². The van der Waals surface area contributed by atoms with Gasteiger partial charge in [-0.2, -0.15) is 5.10 Å². The van der Waals surface area contributed by atoms with Gasteiger partial charge in [-0.15, -0.1) is 0 Å². The molecule has 0 N–H and O–H groups in total. The van der Waals surface area contributed by atoms with Gasteiger partial charge in [-0.1, -0.05) is 48.5 Å². The van der Waals surface area contributed by atoms with E-state index in [1.807, 2.05) is 66.9 Å². The third-order valence-electron chi connectivity index (χ3n) is 5.38. The molecule has 7 heteroatoms. The first kappa shape index (κ1) is 20.5. The standard InChI is InChI=1S/C26H20FN5O/c1-31(26(33)22-14-20(27)15-23-25(22)29-13-12-28-23)16-19-17-32(21-10-6-3-7-11-21)30-24(19)18-8-4-2-5-9-18/h2-15,17H,16H2,1H3. The number of halogens is 1. The second-order valence-corrected chi connectivity index (χ2v) is 7.69. The number of hydrogen-bond acceptors (Lipinski definition) is 4. The molecule has 0 radical (unpaired) electrons. The minimum atomic E-state index is -0.526. The van der Waals surface area contributed by atoms with Crippen LogP contribution >= 0.6 is 0 Å². The number of benzene rings is 3. The summed E-state index contributed by atoms with van der Waals surface area (Å²) in [5, 5.41) is 4.80. The number of amides is 1. The third kappa shape index (κ3) is 4.08. The van der Waals surface area contributed by atoms with E-state index in [0.717, 1.165) is 22.5 Å². The van der Waals surface area contributed by atoms with E-state index >= 15 is 0 Å². The van der Waals surface area contributed by atoms with Crippen LogP contribution in [0.25, 0.3) is 28.0 Å². The van der Waals surface area contributed by atoms with E-state index in [0.29, 0.717) is 11.0 Å². The average Bonchev–Trinajstić information content (AvgIpc) is 3.28. The van der Waals surface area contributed by atoms with Gasteiger partial charge in [-0.05, 0) is 18.2 Å². The van der Waals surface area contributed by atoms with Crippen LogP contribution in [0.2, 0.25) is 0 Å². The Morgan fingerprint density at radius 1 is 0.970 bits per heavy atom. The van der Waals surface area contributed by atoms with Crippen molar-refractivity contribution >= 4 is 16.9 Å². The Hall–Kier alpha value is -4.39. The first-order valence-corrected chi connectivity index (χ1v) is 10.5. The topological polar surface area (TPSA) is 63.9 Å². The van der Waals surface area contributed by atoms with Crippen molar-refractivity contribution in [1.82, 2.24) is 24.6 Å². The lowest BCUT2D eigenvalue weighted by Crippen LogP contribution is -2.26. The summed E-state index contributed by atoms with van der Waals surface area (Å²) in [4.78, 5) is 23.2. The van der Waals surface area contributed by atoms with Gasteiger partial charge in [0.15, 0.2) is 0 Å². The molecular weight excluding hydrogens is 417 g/mol. The van der Waals surface area contributed by atoms with E-state index in [1.165, 1.54) is 24.5 Å². The van der Waals surface area contributed by atoms with Gasteiger partial charge in [0.1, 0.15) is 11.3 Å². The lowest BCUT2D eigenvalue weighted by molar-refractivity contribution is 0.0786. The number of fused-ring (bicyclic) bond motifs is 1. The van der Waals surface area contributed by atoms with Gasteiger partial charge in [-0.25, -0.2) is 9.07 Å². The molecule has 5 rings (SSSR count). The quantitative estimate of drug-likeness (QED) is 0.393. The summed E-state index contributed by atoms with van der Waals surface area (Å²) in [6.07, 6.45) is 4.89. The summed E-state index contributed by atoms with van der Waals surface area (Å²) in [5.74, 6) is -0.868. The smallest absolute Gasteiger partial charge is 0.256 e. The SMILES string of the molecule is CN(Cc1cn(-c2ccccc2)nc1-c1ccccc1)C(=O)c1cc(F)cc2nccnc12. The highest BCUT2D eigenvalue weighted by atomic mass is 19.1. The van der Waals surface area contributed by atoms with Crippen LogP contribution in [0.1, 0.15) is 15.9 Å². The minimum Gasteiger partial charge on any atom is -0.337 e. The highest BCUT2D eigenvalue weighted by Crippen LogP contribution is 2.26. The Morgan fingerprint density at radius 3 is 2.42 bits per heavy atom. The molecule has 5 aromatic rings. The van der Waals surface area contributed by atoms with Crippen LogP contribution in [0, 0.1) is 5.82 Å². The molecule has 0 saturated heterocycles. The van der Waals surface area contributed by atoms with E-state index in [-0.39, 0.29) is 18.0 Å². The molecular formula is C26H20FN5O. The molecule has 0 atom stereocenters. The summed E-state index contributed by atoms with van der Waals surface area (Å²) in [7, 11) is 1.68. The van der Waals surface area contributed by atoms with Crippen molar-refractivity contribution < 1.29 is 9.18 Å². The lowest BCUT2D eigenvalue weighted by Gasteiger charge is -2.18. The van der Waals surface area contributed by atoms with Crippen molar-refractivity contribution in [3.05, 3.63) is 108 Å². The van der Waals surface area contributed by atoms with Gasteiger partial charge < -0.3 is 4.90 Å². The lowest BCUT2D eigenvalue weighted by atomic mass is 10.1. The summed E-state index contributed by atoms with van der Waals surface area (Å²) < 4.78 is 16.0. The predicted octanol–water partition coefficient (Wildman–Crippen LogP) is 4.89. The van der Waals surface area contributed by atoms with Gasteiger partial charge in [0, 0.05) is 49.4 Å². The number of carbonyl (C=O) groups is 1. The maximum Gasteiger partial charge on any atom is 0.256 e.